The average molecular weight is 284 g/mol. The minimum absolute atomic E-state index is 0.216. The molecule has 1 saturated carbocycles. The van der Waals surface area contributed by atoms with E-state index in [4.69, 9.17) is 5.11 Å². The molecular weight excluding hydrogens is 256 g/mol. The number of carbonyl (C=O) groups is 2. The van der Waals surface area contributed by atoms with E-state index < -0.39 is 12.0 Å². The van der Waals surface area contributed by atoms with Gasteiger partial charge in [-0.1, -0.05) is 40.0 Å². The third-order valence-corrected chi connectivity index (χ3v) is 3.76. The topological polar surface area (TPSA) is 69.6 Å². The van der Waals surface area contributed by atoms with E-state index in [2.05, 4.69) is 19.2 Å². The van der Waals surface area contributed by atoms with Crippen molar-refractivity contribution in [1.82, 2.24) is 10.2 Å². The minimum atomic E-state index is -0.948. The molecule has 5 heteroatoms. The predicted molar refractivity (Wildman–Crippen MR) is 78.7 cm³/mol. The quantitative estimate of drug-likeness (QED) is 0.755. The zero-order valence-corrected chi connectivity index (χ0v) is 12.9. The Morgan fingerprint density at radius 3 is 2.35 bits per heavy atom. The minimum Gasteiger partial charge on any atom is -0.480 e. The Kier molecular flexibility index (Phi) is 6.82. The lowest BCUT2D eigenvalue weighted by molar-refractivity contribution is -0.139. The van der Waals surface area contributed by atoms with Crippen LogP contribution in [0.5, 0.6) is 0 Å². The lowest BCUT2D eigenvalue weighted by Gasteiger charge is -2.31. The number of carboxylic acids is 1. The molecule has 1 unspecified atom stereocenters. The zero-order chi connectivity index (χ0) is 15.1. The number of nitrogens with zero attached hydrogens (tertiary/aromatic N) is 1. The van der Waals surface area contributed by atoms with E-state index in [0.29, 0.717) is 18.9 Å². The van der Waals surface area contributed by atoms with Gasteiger partial charge in [-0.25, -0.2) is 9.59 Å². The fourth-order valence-electron chi connectivity index (χ4n) is 2.79. The highest BCUT2D eigenvalue weighted by Crippen LogP contribution is 2.24. The van der Waals surface area contributed by atoms with Gasteiger partial charge < -0.3 is 15.3 Å². The molecule has 0 heterocycles. The molecular formula is C15H28N2O3. The van der Waals surface area contributed by atoms with Crippen molar-refractivity contribution < 1.29 is 14.7 Å². The highest BCUT2D eigenvalue weighted by atomic mass is 16.4. The molecule has 0 aromatic heterocycles. The first kappa shape index (κ1) is 16.8. The van der Waals surface area contributed by atoms with Crippen molar-refractivity contribution in [2.24, 2.45) is 5.92 Å². The molecule has 0 bridgehead atoms. The van der Waals surface area contributed by atoms with Gasteiger partial charge in [0.05, 0.1) is 0 Å². The van der Waals surface area contributed by atoms with Crippen LogP contribution in [-0.4, -0.2) is 40.6 Å². The zero-order valence-electron chi connectivity index (χ0n) is 12.9. The van der Waals surface area contributed by atoms with Crippen LogP contribution in [0.4, 0.5) is 4.79 Å². The van der Waals surface area contributed by atoms with Crippen molar-refractivity contribution in [3.05, 3.63) is 0 Å². The van der Waals surface area contributed by atoms with Crippen LogP contribution in [-0.2, 0) is 4.79 Å². The van der Waals surface area contributed by atoms with E-state index in [0.717, 1.165) is 32.1 Å². The van der Waals surface area contributed by atoms with E-state index in [1.807, 2.05) is 11.8 Å². The van der Waals surface area contributed by atoms with Crippen LogP contribution in [0, 0.1) is 5.92 Å². The number of aliphatic carboxylic acids is 1. The maximum atomic E-state index is 12.4. The molecule has 0 spiro atoms. The normalized spacial score (nSPS) is 17.2. The van der Waals surface area contributed by atoms with E-state index in [9.17, 15) is 9.59 Å². The van der Waals surface area contributed by atoms with Gasteiger partial charge in [-0.2, -0.15) is 0 Å². The van der Waals surface area contributed by atoms with E-state index >= 15 is 0 Å². The molecule has 1 atom stereocenters. The summed E-state index contributed by atoms with van der Waals surface area (Å²) >= 11 is 0. The fraction of sp³-hybridized carbons (Fsp3) is 0.867. The number of carboxylic acid groups (broad SMARTS) is 1. The molecule has 2 N–H and O–H groups in total. The van der Waals surface area contributed by atoms with Gasteiger partial charge in [0.2, 0.25) is 0 Å². The number of hydrogen-bond donors (Lipinski definition) is 2. The van der Waals surface area contributed by atoms with Crippen molar-refractivity contribution in [3.8, 4) is 0 Å². The molecule has 0 saturated heterocycles. The molecule has 1 rings (SSSR count). The van der Waals surface area contributed by atoms with Gasteiger partial charge in [0.15, 0.2) is 0 Å². The van der Waals surface area contributed by atoms with Crippen LogP contribution in [0.3, 0.4) is 0 Å². The molecule has 1 aliphatic carbocycles. The average Bonchev–Trinajstić information content (AvgIpc) is 2.88. The van der Waals surface area contributed by atoms with Crippen LogP contribution < -0.4 is 5.32 Å². The number of hydrogen-bond acceptors (Lipinski definition) is 2. The molecule has 0 aromatic rings. The third-order valence-electron chi connectivity index (χ3n) is 3.76. The summed E-state index contributed by atoms with van der Waals surface area (Å²) in [4.78, 5) is 25.4. The van der Waals surface area contributed by atoms with Gasteiger partial charge in [-0.15, -0.1) is 0 Å². The summed E-state index contributed by atoms with van der Waals surface area (Å²) in [6.45, 7) is 6.77. The summed E-state index contributed by atoms with van der Waals surface area (Å²) in [5, 5.41) is 11.8. The van der Waals surface area contributed by atoms with Crippen LogP contribution in [0.15, 0.2) is 0 Å². The fourth-order valence-corrected chi connectivity index (χ4v) is 2.79. The van der Waals surface area contributed by atoms with E-state index in [1.54, 1.807) is 0 Å². The summed E-state index contributed by atoms with van der Waals surface area (Å²) in [5.74, 6) is -0.563. The van der Waals surface area contributed by atoms with Crippen LogP contribution in [0.2, 0.25) is 0 Å². The first-order chi connectivity index (χ1) is 9.45. The second-order valence-electron chi connectivity index (χ2n) is 6.11. The summed E-state index contributed by atoms with van der Waals surface area (Å²) in [5.41, 5.74) is 0. The second kappa shape index (κ2) is 8.12. The van der Waals surface area contributed by atoms with E-state index in [-0.39, 0.29) is 12.1 Å². The van der Waals surface area contributed by atoms with Gasteiger partial charge in [0, 0.05) is 12.6 Å². The second-order valence-corrected chi connectivity index (χ2v) is 6.11. The molecule has 2 amide bonds. The van der Waals surface area contributed by atoms with Crippen molar-refractivity contribution in [2.75, 3.05) is 6.54 Å². The van der Waals surface area contributed by atoms with Gasteiger partial charge in [0.1, 0.15) is 6.04 Å². The molecule has 20 heavy (non-hydrogen) atoms. The summed E-state index contributed by atoms with van der Waals surface area (Å²) < 4.78 is 0. The first-order valence-electron chi connectivity index (χ1n) is 7.75. The van der Waals surface area contributed by atoms with Crippen molar-refractivity contribution in [1.29, 1.82) is 0 Å². The molecule has 0 aromatic carbocycles. The number of carbonyl (C=O) groups excluding carboxylic acids is 1. The molecule has 0 aliphatic heterocycles. The Hall–Kier alpha value is -1.26. The van der Waals surface area contributed by atoms with Crippen molar-refractivity contribution in [2.45, 2.75) is 71.4 Å². The highest BCUT2D eigenvalue weighted by molar-refractivity contribution is 5.82. The first-order valence-corrected chi connectivity index (χ1v) is 7.75. The highest BCUT2D eigenvalue weighted by Gasteiger charge is 2.29. The monoisotopic (exact) mass is 284 g/mol. The molecule has 116 valence electrons. The number of rotatable bonds is 7. The SMILES string of the molecule is CCCC(NC(=O)N(CC(C)C)C1CCCC1)C(=O)O. The van der Waals surface area contributed by atoms with Crippen LogP contribution in [0.25, 0.3) is 0 Å². The summed E-state index contributed by atoms with van der Waals surface area (Å²) in [7, 11) is 0. The Morgan fingerprint density at radius 1 is 1.30 bits per heavy atom. The van der Waals surface area contributed by atoms with Gasteiger partial charge >= 0.3 is 12.0 Å². The van der Waals surface area contributed by atoms with Crippen molar-refractivity contribution in [3.63, 3.8) is 0 Å². The third kappa shape index (κ3) is 5.02. The van der Waals surface area contributed by atoms with E-state index in [1.165, 1.54) is 0 Å². The Labute approximate surface area is 121 Å². The standard InChI is InChI=1S/C15H28N2O3/c1-4-7-13(14(18)19)16-15(20)17(10-11(2)3)12-8-5-6-9-12/h11-13H,4-10H2,1-3H3,(H,16,20)(H,18,19). The Balaban J connectivity index is 2.68. The number of amides is 2. The predicted octanol–water partition coefficient (Wildman–Crippen LogP) is 2.85. The summed E-state index contributed by atoms with van der Waals surface area (Å²) in [6, 6.07) is -0.719. The van der Waals surface area contributed by atoms with Gasteiger partial charge in [-0.3, -0.25) is 0 Å². The molecule has 0 radical (unpaired) electrons. The van der Waals surface area contributed by atoms with Crippen molar-refractivity contribution >= 4 is 12.0 Å². The number of nitrogens with one attached hydrogen (secondary N) is 1. The smallest absolute Gasteiger partial charge is 0.326 e. The molecule has 5 nitrogen and oxygen atoms in total. The molecule has 1 fully saturated rings. The van der Waals surface area contributed by atoms with Crippen LogP contribution >= 0.6 is 0 Å². The lowest BCUT2D eigenvalue weighted by Crippen LogP contribution is -2.51. The maximum absolute atomic E-state index is 12.4. The lowest BCUT2D eigenvalue weighted by atomic mass is 10.1. The number of urea groups is 1. The van der Waals surface area contributed by atoms with Crippen LogP contribution in [0.1, 0.15) is 59.3 Å². The Bertz CT molecular complexity index is 325. The largest absolute Gasteiger partial charge is 0.480 e. The maximum Gasteiger partial charge on any atom is 0.326 e. The molecule has 1 aliphatic rings. The van der Waals surface area contributed by atoms with Gasteiger partial charge in [0.25, 0.3) is 0 Å². The summed E-state index contributed by atoms with van der Waals surface area (Å²) in [6.07, 6.45) is 5.59. The Morgan fingerprint density at radius 2 is 1.90 bits per heavy atom. The van der Waals surface area contributed by atoms with Gasteiger partial charge in [-0.05, 0) is 25.2 Å².